The second-order valence-electron chi connectivity index (χ2n) is 10.8. The molecule has 2 atom stereocenters. The van der Waals surface area contributed by atoms with Crippen molar-refractivity contribution in [2.45, 2.75) is 56.2 Å². The predicted octanol–water partition coefficient (Wildman–Crippen LogP) is 6.02. The molecule has 2 aromatic carbocycles. The van der Waals surface area contributed by atoms with Gasteiger partial charge in [-0.3, -0.25) is 4.90 Å². The van der Waals surface area contributed by atoms with Gasteiger partial charge in [0.2, 0.25) is 0 Å². The number of rotatable bonds is 2. The molecule has 2 unspecified atom stereocenters. The number of hydrogen-bond donors (Lipinski definition) is 0. The van der Waals surface area contributed by atoms with E-state index in [1.807, 2.05) is 38.1 Å². The van der Waals surface area contributed by atoms with E-state index in [0.29, 0.717) is 22.3 Å². The van der Waals surface area contributed by atoms with E-state index in [9.17, 15) is 13.2 Å². The average Bonchev–Trinajstić information content (AvgIpc) is 3.37. The van der Waals surface area contributed by atoms with E-state index in [0.717, 1.165) is 10.9 Å². The molecule has 0 saturated carbocycles. The van der Waals surface area contributed by atoms with Gasteiger partial charge in [0.05, 0.1) is 16.1 Å². The summed E-state index contributed by atoms with van der Waals surface area (Å²) in [5, 5.41) is 0.994. The molecule has 0 spiro atoms. The van der Waals surface area contributed by atoms with Crippen molar-refractivity contribution in [2.75, 3.05) is 0 Å². The van der Waals surface area contributed by atoms with E-state index >= 15 is 0 Å². The van der Waals surface area contributed by atoms with Gasteiger partial charge in [0.1, 0.15) is 21.8 Å². The zero-order valence-electron chi connectivity index (χ0n) is 21.1. The third-order valence-corrected chi connectivity index (χ3v) is 9.46. The maximum atomic E-state index is 14.3. The number of pyridine rings is 1. The molecule has 2 aliphatic rings. The highest BCUT2D eigenvalue weighted by Crippen LogP contribution is 2.66. The van der Waals surface area contributed by atoms with Crippen LogP contribution in [-0.2, 0) is 25.8 Å². The fraction of sp³-hybridized carbons (Fsp3) is 0.286. The van der Waals surface area contributed by atoms with E-state index in [1.165, 1.54) is 3.97 Å². The van der Waals surface area contributed by atoms with Crippen molar-refractivity contribution < 1.29 is 17.9 Å². The molecule has 2 aromatic heterocycles. The van der Waals surface area contributed by atoms with E-state index in [1.54, 1.807) is 68.3 Å². The summed E-state index contributed by atoms with van der Waals surface area (Å²) < 4.78 is 35.8. The Bertz CT molecular complexity index is 1730. The maximum absolute atomic E-state index is 14.3. The Morgan fingerprint density at radius 1 is 0.946 bits per heavy atom. The molecule has 0 saturated heterocycles. The first kappa shape index (κ1) is 24.0. The molecular weight excluding hydrogens is 510 g/mol. The van der Waals surface area contributed by atoms with Crippen LogP contribution in [0.5, 0.6) is 0 Å². The quantitative estimate of drug-likeness (QED) is 0.293. The average molecular weight is 536 g/mol. The molecule has 9 heteroatoms. The fourth-order valence-electron chi connectivity index (χ4n) is 6.22. The minimum atomic E-state index is -4.04. The number of aromatic nitrogens is 2. The molecule has 0 N–H and O–H groups in total. The zero-order chi connectivity index (χ0) is 26.5. The number of para-hydroxylation sites is 1. The fourth-order valence-corrected chi connectivity index (χ4v) is 8.20. The first-order valence-electron chi connectivity index (χ1n) is 12.0. The first-order valence-corrected chi connectivity index (χ1v) is 13.8. The number of nitrogens with zero attached hydrogens (tertiary/aromatic N) is 3. The lowest BCUT2D eigenvalue weighted by Gasteiger charge is -2.38. The van der Waals surface area contributed by atoms with E-state index in [2.05, 4.69) is 4.98 Å². The lowest BCUT2D eigenvalue weighted by molar-refractivity contribution is -0.00517. The van der Waals surface area contributed by atoms with Crippen molar-refractivity contribution in [1.29, 1.82) is 0 Å². The maximum Gasteiger partial charge on any atom is 0.412 e. The van der Waals surface area contributed by atoms with Crippen LogP contribution in [-0.4, -0.2) is 34.0 Å². The van der Waals surface area contributed by atoms with Crippen molar-refractivity contribution in [3.63, 3.8) is 0 Å². The minimum absolute atomic E-state index is 0.159. The smallest absolute Gasteiger partial charge is 0.412 e. The molecule has 0 radical (unpaired) electrons. The minimum Gasteiger partial charge on any atom is -0.444 e. The van der Waals surface area contributed by atoms with E-state index in [-0.39, 0.29) is 10.0 Å². The van der Waals surface area contributed by atoms with Gasteiger partial charge >= 0.3 is 6.09 Å². The van der Waals surface area contributed by atoms with Crippen LogP contribution in [0.4, 0.5) is 4.79 Å². The van der Waals surface area contributed by atoms with Gasteiger partial charge in [-0.15, -0.1) is 0 Å². The monoisotopic (exact) mass is 535 g/mol. The molecule has 190 valence electrons. The molecule has 6 rings (SSSR count). The summed E-state index contributed by atoms with van der Waals surface area (Å²) in [5.41, 5.74) is 0.0594. The van der Waals surface area contributed by atoms with Crippen LogP contribution < -0.4 is 0 Å². The lowest BCUT2D eigenvalue weighted by atomic mass is 9.77. The topological polar surface area (TPSA) is 81.5 Å². The number of carbonyl (C=O) groups is 1. The van der Waals surface area contributed by atoms with E-state index in [4.69, 9.17) is 16.3 Å². The molecule has 7 nitrogen and oxygen atoms in total. The molecule has 4 aromatic rings. The number of benzene rings is 2. The number of carbonyl (C=O) groups excluding carboxylic acids is 1. The summed E-state index contributed by atoms with van der Waals surface area (Å²) in [4.78, 5) is 20.1. The van der Waals surface area contributed by atoms with Crippen LogP contribution >= 0.6 is 11.6 Å². The molecule has 4 heterocycles. The summed E-state index contributed by atoms with van der Waals surface area (Å²) in [6, 6.07) is 17.5. The van der Waals surface area contributed by atoms with Crippen molar-refractivity contribution in [3.05, 3.63) is 94.4 Å². The van der Waals surface area contributed by atoms with Gasteiger partial charge in [-0.05, 0) is 64.4 Å². The Hall–Kier alpha value is -3.36. The highest BCUT2D eigenvalue weighted by Gasteiger charge is 2.69. The SMILES string of the molecule is CC(C)(C)OC(=O)N1C2(C)c3c(ccnc3Cl)C1(C)c1c2c2ccccc2n1S(=O)(=O)c1ccccc1. The number of halogens is 1. The van der Waals surface area contributed by atoms with Gasteiger partial charge in [-0.2, -0.15) is 0 Å². The number of hydrogen-bond acceptors (Lipinski definition) is 5. The highest BCUT2D eigenvalue weighted by molar-refractivity contribution is 7.90. The van der Waals surface area contributed by atoms with Gasteiger partial charge in [-0.1, -0.05) is 48.0 Å². The van der Waals surface area contributed by atoms with Crippen molar-refractivity contribution in [1.82, 2.24) is 13.9 Å². The van der Waals surface area contributed by atoms with Gasteiger partial charge < -0.3 is 4.74 Å². The molecule has 0 fully saturated rings. The van der Waals surface area contributed by atoms with Crippen LogP contribution in [0.15, 0.2) is 71.8 Å². The van der Waals surface area contributed by atoms with Crippen LogP contribution in [0, 0.1) is 0 Å². The highest BCUT2D eigenvalue weighted by atomic mass is 35.5. The number of fused-ring (bicyclic) bond motifs is 10. The summed E-state index contributed by atoms with van der Waals surface area (Å²) in [5.74, 6) is 0. The van der Waals surface area contributed by atoms with Crippen LogP contribution in [0.2, 0.25) is 5.15 Å². The van der Waals surface area contributed by atoms with Crippen LogP contribution in [0.3, 0.4) is 0 Å². The van der Waals surface area contributed by atoms with E-state index < -0.39 is 32.8 Å². The van der Waals surface area contributed by atoms with Gasteiger partial charge in [0.15, 0.2) is 0 Å². The Kier molecular flexibility index (Phi) is 4.77. The predicted molar refractivity (Wildman–Crippen MR) is 141 cm³/mol. The summed E-state index contributed by atoms with van der Waals surface area (Å²) in [6.07, 6.45) is 1.02. The molecule has 2 aliphatic heterocycles. The summed E-state index contributed by atoms with van der Waals surface area (Å²) in [7, 11) is -4.04. The summed E-state index contributed by atoms with van der Waals surface area (Å²) >= 11 is 6.71. The standard InChI is InChI=1S/C28H26ClN3O4S/c1-26(2,3)36-25(33)32-27(4)19-15-16-30-24(29)22(19)28(32,5)21-18-13-9-10-14-20(18)31(23(21)27)37(34,35)17-11-7-6-8-12-17/h6-16H,1-5H3. The zero-order valence-corrected chi connectivity index (χ0v) is 22.7. The Morgan fingerprint density at radius 2 is 1.59 bits per heavy atom. The third-order valence-electron chi connectivity index (χ3n) is 7.45. The van der Waals surface area contributed by atoms with Gasteiger partial charge in [0, 0.05) is 22.7 Å². The molecule has 2 bridgehead atoms. The lowest BCUT2D eigenvalue weighted by Crippen LogP contribution is -2.49. The second kappa shape index (κ2) is 7.36. The molecule has 37 heavy (non-hydrogen) atoms. The van der Waals surface area contributed by atoms with Gasteiger partial charge in [-0.25, -0.2) is 22.2 Å². The number of amides is 1. The normalized spacial score (nSPS) is 22.3. The van der Waals surface area contributed by atoms with Crippen molar-refractivity contribution in [3.8, 4) is 0 Å². The van der Waals surface area contributed by atoms with Crippen molar-refractivity contribution >= 4 is 38.6 Å². The third kappa shape index (κ3) is 2.91. The molecule has 1 amide bonds. The summed E-state index contributed by atoms with van der Waals surface area (Å²) in [6.45, 7) is 9.17. The van der Waals surface area contributed by atoms with Crippen LogP contribution in [0.1, 0.15) is 57.0 Å². The van der Waals surface area contributed by atoms with Gasteiger partial charge in [0.25, 0.3) is 10.0 Å². The molecule has 0 aliphatic carbocycles. The first-order chi connectivity index (χ1) is 17.3. The second-order valence-corrected chi connectivity index (χ2v) is 13.0. The Balaban J connectivity index is 1.77. The largest absolute Gasteiger partial charge is 0.444 e. The Morgan fingerprint density at radius 3 is 2.27 bits per heavy atom. The number of ether oxygens (including phenoxy) is 1. The van der Waals surface area contributed by atoms with Crippen LogP contribution in [0.25, 0.3) is 10.9 Å². The molecular formula is C28H26ClN3O4S. The Labute approximate surface area is 220 Å². The van der Waals surface area contributed by atoms with Crippen molar-refractivity contribution in [2.24, 2.45) is 0 Å².